The van der Waals surface area contributed by atoms with Crippen molar-refractivity contribution in [1.82, 2.24) is 9.21 Å². The number of ether oxygens (including phenoxy) is 3. The Kier molecular flexibility index (Phi) is 7.61. The van der Waals surface area contributed by atoms with E-state index in [1.807, 2.05) is 0 Å². The fourth-order valence-electron chi connectivity index (χ4n) is 3.89. The maximum atomic E-state index is 13.6. The quantitative estimate of drug-likeness (QED) is 0.526. The number of sulfonamides is 1. The molecule has 2 aliphatic heterocycles. The lowest BCUT2D eigenvalue weighted by atomic mass is 10.2. The molecular weight excluding hydrogens is 432 g/mol. The zero-order valence-electron chi connectivity index (χ0n) is 17.4. The highest BCUT2D eigenvalue weighted by molar-refractivity contribution is 7.92. The number of rotatable bonds is 9. The lowest BCUT2D eigenvalue weighted by molar-refractivity contribution is 0.0367. The summed E-state index contributed by atoms with van der Waals surface area (Å²) in [5.41, 5.74) is 0. The highest BCUT2D eigenvalue weighted by atomic mass is 32.2. The number of benzene rings is 1. The van der Waals surface area contributed by atoms with E-state index in [2.05, 4.69) is 4.90 Å². The van der Waals surface area contributed by atoms with Gasteiger partial charge < -0.3 is 14.2 Å². The predicted molar refractivity (Wildman–Crippen MR) is 112 cm³/mol. The van der Waals surface area contributed by atoms with Gasteiger partial charge in [0.15, 0.2) is 9.84 Å². The Bertz CT molecular complexity index is 928. The van der Waals surface area contributed by atoms with Gasteiger partial charge in [-0.2, -0.15) is 4.31 Å². The van der Waals surface area contributed by atoms with Crippen LogP contribution in [0.3, 0.4) is 0 Å². The minimum absolute atomic E-state index is 0.00238. The third-order valence-electron chi connectivity index (χ3n) is 5.53. The van der Waals surface area contributed by atoms with Gasteiger partial charge in [0.25, 0.3) is 0 Å². The van der Waals surface area contributed by atoms with E-state index in [1.165, 1.54) is 24.6 Å². The molecule has 0 N–H and O–H groups in total. The van der Waals surface area contributed by atoms with Crippen LogP contribution in [0.5, 0.6) is 11.5 Å². The molecule has 0 bridgehead atoms. The van der Waals surface area contributed by atoms with E-state index in [9.17, 15) is 16.8 Å². The van der Waals surface area contributed by atoms with Crippen molar-refractivity contribution in [1.29, 1.82) is 0 Å². The first kappa shape index (κ1) is 23.3. The van der Waals surface area contributed by atoms with Gasteiger partial charge in [0.2, 0.25) is 10.0 Å². The van der Waals surface area contributed by atoms with Crippen molar-refractivity contribution in [2.45, 2.75) is 23.8 Å². The smallest absolute Gasteiger partial charge is 0.247 e. The molecule has 2 fully saturated rings. The Morgan fingerprint density at radius 3 is 2.53 bits per heavy atom. The molecule has 0 amide bonds. The van der Waals surface area contributed by atoms with E-state index in [4.69, 9.17) is 14.2 Å². The van der Waals surface area contributed by atoms with E-state index >= 15 is 0 Å². The van der Waals surface area contributed by atoms with E-state index in [-0.39, 0.29) is 28.7 Å². The highest BCUT2D eigenvalue weighted by Crippen LogP contribution is 2.33. The standard InChI is InChI=1S/C19H30N2O7S2/c1-26-17-4-5-18(27-2)19(14-17)30(24,25)21(16-6-13-29(22,23)15-16)8-3-7-20-9-11-28-12-10-20/h4-5,14,16H,3,6-13,15H2,1-2H3. The molecule has 0 saturated carbocycles. The normalized spacial score (nSPS) is 22.3. The van der Waals surface area contributed by atoms with Gasteiger partial charge >= 0.3 is 0 Å². The van der Waals surface area contributed by atoms with Crippen LogP contribution in [-0.2, 0) is 24.6 Å². The number of hydrogen-bond donors (Lipinski definition) is 0. The minimum Gasteiger partial charge on any atom is -0.497 e. The topological polar surface area (TPSA) is 102 Å². The van der Waals surface area contributed by atoms with Crippen molar-refractivity contribution in [3.63, 3.8) is 0 Å². The van der Waals surface area contributed by atoms with E-state index in [1.54, 1.807) is 12.1 Å². The zero-order chi connectivity index (χ0) is 21.8. The van der Waals surface area contributed by atoms with E-state index in [0.717, 1.165) is 19.6 Å². The van der Waals surface area contributed by atoms with Crippen LogP contribution < -0.4 is 9.47 Å². The number of methoxy groups -OCH3 is 2. The van der Waals surface area contributed by atoms with Crippen LogP contribution in [0.15, 0.2) is 23.1 Å². The molecule has 0 aliphatic carbocycles. The molecule has 2 heterocycles. The second-order valence-corrected chi connectivity index (χ2v) is 11.6. The van der Waals surface area contributed by atoms with Crippen molar-refractivity contribution >= 4 is 19.9 Å². The van der Waals surface area contributed by atoms with Crippen LogP contribution in [0.4, 0.5) is 0 Å². The van der Waals surface area contributed by atoms with Crippen molar-refractivity contribution < 1.29 is 31.0 Å². The van der Waals surface area contributed by atoms with Gasteiger partial charge in [-0.3, -0.25) is 4.90 Å². The Hall–Kier alpha value is -1.40. The number of nitrogens with zero attached hydrogens (tertiary/aromatic N) is 2. The third-order valence-corrected chi connectivity index (χ3v) is 9.25. The first-order valence-electron chi connectivity index (χ1n) is 10.0. The van der Waals surface area contributed by atoms with Gasteiger partial charge in [-0.15, -0.1) is 0 Å². The fraction of sp³-hybridized carbons (Fsp3) is 0.684. The van der Waals surface area contributed by atoms with Crippen molar-refractivity contribution in [3.8, 4) is 11.5 Å². The molecule has 2 saturated heterocycles. The minimum atomic E-state index is -3.99. The maximum Gasteiger partial charge on any atom is 0.247 e. The highest BCUT2D eigenvalue weighted by Gasteiger charge is 2.39. The summed E-state index contributed by atoms with van der Waals surface area (Å²) < 4.78 is 68.5. The van der Waals surface area contributed by atoms with E-state index in [0.29, 0.717) is 31.8 Å². The molecule has 1 aromatic rings. The van der Waals surface area contributed by atoms with Crippen LogP contribution in [0.25, 0.3) is 0 Å². The van der Waals surface area contributed by atoms with Crippen molar-refractivity contribution in [3.05, 3.63) is 18.2 Å². The summed E-state index contributed by atoms with van der Waals surface area (Å²) in [7, 11) is -4.37. The van der Waals surface area contributed by atoms with Gasteiger partial charge in [-0.1, -0.05) is 0 Å². The molecule has 0 radical (unpaired) electrons. The maximum absolute atomic E-state index is 13.6. The van der Waals surface area contributed by atoms with Gasteiger partial charge in [0.05, 0.1) is 38.9 Å². The molecule has 2 aliphatic rings. The molecule has 1 unspecified atom stereocenters. The Morgan fingerprint density at radius 1 is 1.20 bits per heavy atom. The van der Waals surface area contributed by atoms with Crippen LogP contribution in [-0.4, -0.2) is 97.2 Å². The van der Waals surface area contributed by atoms with Crippen LogP contribution in [0.1, 0.15) is 12.8 Å². The average Bonchev–Trinajstić information content (AvgIpc) is 3.10. The molecule has 30 heavy (non-hydrogen) atoms. The fourth-order valence-corrected chi connectivity index (χ4v) is 7.58. The number of morpholine rings is 1. The molecular formula is C19H30N2O7S2. The zero-order valence-corrected chi connectivity index (χ0v) is 19.1. The van der Waals surface area contributed by atoms with Gasteiger partial charge in [0.1, 0.15) is 16.4 Å². The molecule has 11 heteroatoms. The Labute approximate surface area is 178 Å². The molecule has 0 aromatic heterocycles. The lowest BCUT2D eigenvalue weighted by Gasteiger charge is -2.30. The van der Waals surface area contributed by atoms with Crippen LogP contribution in [0.2, 0.25) is 0 Å². The van der Waals surface area contributed by atoms with Gasteiger partial charge in [-0.05, 0) is 31.5 Å². The first-order chi connectivity index (χ1) is 14.3. The molecule has 9 nitrogen and oxygen atoms in total. The van der Waals surface area contributed by atoms with Gasteiger partial charge in [-0.25, -0.2) is 16.8 Å². The summed E-state index contributed by atoms with van der Waals surface area (Å²) in [6.45, 7) is 3.93. The van der Waals surface area contributed by atoms with Crippen LogP contribution >= 0.6 is 0 Å². The molecule has 1 atom stereocenters. The monoisotopic (exact) mass is 462 g/mol. The summed E-state index contributed by atoms with van der Waals surface area (Å²) in [6, 6.07) is 4.01. The van der Waals surface area contributed by atoms with Crippen molar-refractivity contribution in [2.24, 2.45) is 0 Å². The summed E-state index contributed by atoms with van der Waals surface area (Å²) in [5.74, 6) is 0.440. The average molecular weight is 463 g/mol. The lowest BCUT2D eigenvalue weighted by Crippen LogP contribution is -2.43. The SMILES string of the molecule is COc1ccc(OC)c(S(=O)(=O)N(CCCN2CCOCC2)C2CCS(=O)(=O)C2)c1. The number of sulfone groups is 1. The third kappa shape index (κ3) is 5.44. The molecule has 1 aromatic carbocycles. The largest absolute Gasteiger partial charge is 0.497 e. The first-order valence-corrected chi connectivity index (χ1v) is 13.3. The van der Waals surface area contributed by atoms with Crippen molar-refractivity contribution in [2.75, 3.05) is 65.1 Å². The van der Waals surface area contributed by atoms with E-state index < -0.39 is 25.9 Å². The Morgan fingerprint density at radius 2 is 1.93 bits per heavy atom. The second kappa shape index (κ2) is 9.82. The molecule has 170 valence electrons. The summed E-state index contributed by atoms with van der Waals surface area (Å²) in [6.07, 6.45) is 0.896. The number of hydrogen-bond acceptors (Lipinski definition) is 8. The summed E-state index contributed by atoms with van der Waals surface area (Å²) in [5, 5.41) is 0. The summed E-state index contributed by atoms with van der Waals surface area (Å²) in [4.78, 5) is 2.21. The summed E-state index contributed by atoms with van der Waals surface area (Å²) >= 11 is 0. The van der Waals surface area contributed by atoms with Gasteiger partial charge in [0, 0.05) is 31.7 Å². The predicted octanol–water partition coefficient (Wildman–Crippen LogP) is 0.604. The van der Waals surface area contributed by atoms with Crippen LogP contribution in [0, 0.1) is 0 Å². The molecule has 3 rings (SSSR count). The Balaban J connectivity index is 1.86. The molecule has 0 spiro atoms. The second-order valence-electron chi connectivity index (χ2n) is 7.50.